The maximum atomic E-state index is 5.69. The summed E-state index contributed by atoms with van der Waals surface area (Å²) in [6.45, 7) is 11.4. The Morgan fingerprint density at radius 1 is 1.20 bits per heavy atom. The maximum absolute atomic E-state index is 5.69. The molecule has 2 rings (SSSR count). The van der Waals surface area contributed by atoms with Crippen LogP contribution in [0.25, 0.3) is 0 Å². The second kappa shape index (κ2) is 6.49. The quantitative estimate of drug-likeness (QED) is 0.863. The lowest BCUT2D eigenvalue weighted by molar-refractivity contribution is 0.171. The number of fused-ring (bicyclic) bond motifs is 1. The standard InChI is InChI=1S/C17H27NO2/c1-5-8-18-13(2)12-17(3,4)14-6-7-15-16(11-14)20-10-9-19-15/h6-7,11,13,18H,5,8-10,12H2,1-4H3. The van der Waals surface area contributed by atoms with Crippen LogP contribution in [0.1, 0.15) is 46.1 Å². The first-order chi connectivity index (χ1) is 9.53. The Balaban J connectivity index is 2.08. The van der Waals surface area contributed by atoms with E-state index in [1.54, 1.807) is 0 Å². The summed E-state index contributed by atoms with van der Waals surface area (Å²) in [5.41, 5.74) is 1.43. The van der Waals surface area contributed by atoms with Gasteiger partial charge in [-0.05, 0) is 49.4 Å². The SMILES string of the molecule is CCCNC(C)CC(C)(C)c1ccc2c(c1)OCCO2. The molecule has 0 fully saturated rings. The van der Waals surface area contributed by atoms with Crippen LogP contribution in [0, 0.1) is 0 Å². The Morgan fingerprint density at radius 3 is 2.60 bits per heavy atom. The van der Waals surface area contributed by atoms with E-state index >= 15 is 0 Å². The molecule has 1 aromatic carbocycles. The van der Waals surface area contributed by atoms with Gasteiger partial charge in [0.25, 0.3) is 0 Å². The van der Waals surface area contributed by atoms with Crippen molar-refractivity contribution < 1.29 is 9.47 Å². The topological polar surface area (TPSA) is 30.5 Å². The third-order valence-corrected chi connectivity index (χ3v) is 3.88. The van der Waals surface area contributed by atoms with Crippen molar-refractivity contribution in [3.63, 3.8) is 0 Å². The van der Waals surface area contributed by atoms with Crippen molar-refractivity contribution in [3.05, 3.63) is 23.8 Å². The van der Waals surface area contributed by atoms with Gasteiger partial charge in [0.05, 0.1) is 0 Å². The van der Waals surface area contributed by atoms with E-state index < -0.39 is 0 Å². The van der Waals surface area contributed by atoms with Crippen molar-refractivity contribution in [2.45, 2.75) is 52.0 Å². The van der Waals surface area contributed by atoms with Gasteiger partial charge in [-0.25, -0.2) is 0 Å². The molecular weight excluding hydrogens is 250 g/mol. The molecule has 0 amide bonds. The van der Waals surface area contributed by atoms with Crippen LogP contribution in [0.15, 0.2) is 18.2 Å². The molecule has 0 aliphatic carbocycles. The molecule has 1 unspecified atom stereocenters. The zero-order valence-electron chi connectivity index (χ0n) is 13.2. The van der Waals surface area contributed by atoms with E-state index in [1.807, 2.05) is 6.07 Å². The molecule has 0 aromatic heterocycles. The molecule has 1 atom stereocenters. The molecule has 0 bridgehead atoms. The van der Waals surface area contributed by atoms with Crippen LogP contribution in [0.3, 0.4) is 0 Å². The molecule has 112 valence electrons. The van der Waals surface area contributed by atoms with Crippen molar-refractivity contribution in [1.82, 2.24) is 5.32 Å². The van der Waals surface area contributed by atoms with E-state index in [2.05, 4.69) is 45.1 Å². The second-order valence-corrected chi connectivity index (χ2v) is 6.30. The highest BCUT2D eigenvalue weighted by Crippen LogP contribution is 2.36. The summed E-state index contributed by atoms with van der Waals surface area (Å²) in [4.78, 5) is 0. The Morgan fingerprint density at radius 2 is 1.90 bits per heavy atom. The number of benzene rings is 1. The first-order valence-electron chi connectivity index (χ1n) is 7.66. The summed E-state index contributed by atoms with van der Waals surface area (Å²) in [6.07, 6.45) is 2.28. The van der Waals surface area contributed by atoms with Gasteiger partial charge in [0, 0.05) is 6.04 Å². The van der Waals surface area contributed by atoms with Gasteiger partial charge in [-0.3, -0.25) is 0 Å². The molecule has 3 nitrogen and oxygen atoms in total. The highest BCUT2D eigenvalue weighted by atomic mass is 16.6. The van der Waals surface area contributed by atoms with E-state index in [-0.39, 0.29) is 5.41 Å². The van der Waals surface area contributed by atoms with Crippen molar-refractivity contribution in [3.8, 4) is 11.5 Å². The molecule has 20 heavy (non-hydrogen) atoms. The van der Waals surface area contributed by atoms with Crippen molar-refractivity contribution in [2.24, 2.45) is 0 Å². The minimum atomic E-state index is 0.121. The average molecular weight is 277 g/mol. The Kier molecular flexibility index (Phi) is 4.92. The largest absolute Gasteiger partial charge is 0.486 e. The van der Waals surface area contributed by atoms with E-state index in [9.17, 15) is 0 Å². The molecule has 0 saturated heterocycles. The van der Waals surface area contributed by atoms with Crippen LogP contribution < -0.4 is 14.8 Å². The lowest BCUT2D eigenvalue weighted by Crippen LogP contribution is -2.33. The highest BCUT2D eigenvalue weighted by molar-refractivity contribution is 5.45. The molecule has 0 saturated carbocycles. The predicted molar refractivity (Wildman–Crippen MR) is 82.8 cm³/mol. The zero-order valence-corrected chi connectivity index (χ0v) is 13.2. The summed E-state index contributed by atoms with van der Waals surface area (Å²) in [5.74, 6) is 1.75. The lowest BCUT2D eigenvalue weighted by atomic mass is 9.79. The number of ether oxygens (including phenoxy) is 2. The Hall–Kier alpha value is -1.22. The number of nitrogens with one attached hydrogen (secondary N) is 1. The Labute approximate surface area is 122 Å². The minimum absolute atomic E-state index is 0.121. The summed E-state index contributed by atoms with van der Waals surface area (Å²) in [5, 5.41) is 3.56. The third-order valence-electron chi connectivity index (χ3n) is 3.88. The van der Waals surface area contributed by atoms with Crippen LogP contribution in [0.5, 0.6) is 11.5 Å². The maximum Gasteiger partial charge on any atom is 0.161 e. The van der Waals surface area contributed by atoms with Gasteiger partial charge >= 0.3 is 0 Å². The number of rotatable bonds is 6. The van der Waals surface area contributed by atoms with Crippen LogP contribution in [-0.4, -0.2) is 25.8 Å². The number of hydrogen-bond donors (Lipinski definition) is 1. The van der Waals surface area contributed by atoms with Crippen LogP contribution in [0.2, 0.25) is 0 Å². The molecule has 0 spiro atoms. The van der Waals surface area contributed by atoms with Crippen LogP contribution in [0.4, 0.5) is 0 Å². The highest BCUT2D eigenvalue weighted by Gasteiger charge is 2.25. The van der Waals surface area contributed by atoms with Crippen molar-refractivity contribution >= 4 is 0 Å². The molecule has 1 aliphatic heterocycles. The van der Waals surface area contributed by atoms with Crippen LogP contribution >= 0.6 is 0 Å². The lowest BCUT2D eigenvalue weighted by Gasteiger charge is -2.30. The fourth-order valence-electron chi connectivity index (χ4n) is 2.81. The Bertz CT molecular complexity index is 443. The molecule has 1 N–H and O–H groups in total. The number of hydrogen-bond acceptors (Lipinski definition) is 3. The predicted octanol–water partition coefficient (Wildman–Crippen LogP) is 3.51. The summed E-state index contributed by atoms with van der Waals surface area (Å²) in [7, 11) is 0. The van der Waals surface area contributed by atoms with Gasteiger partial charge in [0.15, 0.2) is 11.5 Å². The molecule has 1 heterocycles. The summed E-state index contributed by atoms with van der Waals surface area (Å²) >= 11 is 0. The molecule has 0 radical (unpaired) electrons. The van der Waals surface area contributed by atoms with E-state index in [0.29, 0.717) is 19.3 Å². The van der Waals surface area contributed by atoms with Gasteiger partial charge in [-0.15, -0.1) is 0 Å². The summed E-state index contributed by atoms with van der Waals surface area (Å²) < 4.78 is 11.3. The van der Waals surface area contributed by atoms with Crippen molar-refractivity contribution in [1.29, 1.82) is 0 Å². The van der Waals surface area contributed by atoms with Gasteiger partial charge < -0.3 is 14.8 Å². The van der Waals surface area contributed by atoms with E-state index in [1.165, 1.54) is 12.0 Å². The fraction of sp³-hybridized carbons (Fsp3) is 0.647. The van der Waals surface area contributed by atoms with Gasteiger partial charge in [0.1, 0.15) is 13.2 Å². The zero-order chi connectivity index (χ0) is 14.6. The first-order valence-corrected chi connectivity index (χ1v) is 7.66. The van der Waals surface area contributed by atoms with Gasteiger partial charge in [0.2, 0.25) is 0 Å². The van der Waals surface area contributed by atoms with Gasteiger partial charge in [-0.1, -0.05) is 26.8 Å². The first kappa shape index (κ1) is 15.2. The fourth-order valence-corrected chi connectivity index (χ4v) is 2.81. The van der Waals surface area contributed by atoms with E-state index in [4.69, 9.17) is 9.47 Å². The normalized spacial score (nSPS) is 16.0. The summed E-state index contributed by atoms with van der Waals surface area (Å²) in [6, 6.07) is 6.86. The third kappa shape index (κ3) is 3.66. The smallest absolute Gasteiger partial charge is 0.161 e. The monoisotopic (exact) mass is 277 g/mol. The average Bonchev–Trinajstić information content (AvgIpc) is 2.44. The minimum Gasteiger partial charge on any atom is -0.486 e. The molecular formula is C17H27NO2. The van der Waals surface area contributed by atoms with E-state index in [0.717, 1.165) is 24.5 Å². The molecule has 3 heteroatoms. The second-order valence-electron chi connectivity index (χ2n) is 6.30. The van der Waals surface area contributed by atoms with Crippen molar-refractivity contribution in [2.75, 3.05) is 19.8 Å². The van der Waals surface area contributed by atoms with Crippen LogP contribution in [-0.2, 0) is 5.41 Å². The van der Waals surface area contributed by atoms with Gasteiger partial charge in [-0.2, -0.15) is 0 Å². The molecule has 1 aliphatic rings. The molecule has 1 aromatic rings.